The van der Waals surface area contributed by atoms with Crippen molar-refractivity contribution in [2.45, 2.75) is 31.7 Å². The van der Waals surface area contributed by atoms with Crippen molar-refractivity contribution in [2.24, 2.45) is 0 Å². The molecule has 5 rings (SSSR count). The lowest BCUT2D eigenvalue weighted by atomic mass is 10.1. The average Bonchev–Trinajstić information content (AvgIpc) is 3.35. The number of aromatic amines is 1. The number of H-pyrrole nitrogens is 1. The zero-order chi connectivity index (χ0) is 19.1. The van der Waals surface area contributed by atoms with Crippen molar-refractivity contribution in [3.8, 4) is 0 Å². The van der Waals surface area contributed by atoms with E-state index in [-0.39, 0.29) is 17.2 Å². The molecule has 1 amide bonds. The van der Waals surface area contributed by atoms with Crippen LogP contribution in [0, 0.1) is 0 Å². The number of benzene rings is 2. The lowest BCUT2D eigenvalue weighted by Crippen LogP contribution is -2.21. The number of carbonyl (C=O) groups is 1. The van der Waals surface area contributed by atoms with Crippen molar-refractivity contribution in [3.63, 3.8) is 0 Å². The molecule has 0 unspecified atom stereocenters. The molecular weight excluding hydrogens is 354 g/mol. The van der Waals surface area contributed by atoms with Gasteiger partial charge in [0.2, 0.25) is 5.95 Å². The van der Waals surface area contributed by atoms with E-state index in [4.69, 9.17) is 0 Å². The van der Waals surface area contributed by atoms with Gasteiger partial charge in [0.1, 0.15) is 0 Å². The number of hydrogen-bond acceptors (Lipinski definition) is 4. The quantitative estimate of drug-likeness (QED) is 0.573. The van der Waals surface area contributed by atoms with Crippen molar-refractivity contribution < 1.29 is 4.79 Å². The van der Waals surface area contributed by atoms with E-state index in [9.17, 15) is 9.59 Å². The third kappa shape index (κ3) is 2.67. The minimum absolute atomic E-state index is 0.181. The molecular formula is C21H19N5O2. The minimum Gasteiger partial charge on any atom is -0.307 e. The number of fused-ring (bicyclic) bond motifs is 2. The Hall–Kier alpha value is -3.48. The highest BCUT2D eigenvalue weighted by Crippen LogP contribution is 2.35. The zero-order valence-corrected chi connectivity index (χ0v) is 15.2. The van der Waals surface area contributed by atoms with E-state index < -0.39 is 0 Å². The number of carbonyl (C=O) groups excluding carboxylic acids is 1. The van der Waals surface area contributed by atoms with Crippen molar-refractivity contribution in [3.05, 3.63) is 64.6 Å². The summed E-state index contributed by atoms with van der Waals surface area (Å²) in [6, 6.07) is 15.2. The second kappa shape index (κ2) is 6.60. The first-order valence-corrected chi connectivity index (χ1v) is 9.48. The average molecular weight is 373 g/mol. The maximum absolute atomic E-state index is 13.0. The number of nitrogens with zero attached hydrogens (tertiary/aromatic N) is 3. The minimum atomic E-state index is -0.387. The van der Waals surface area contributed by atoms with Crippen LogP contribution in [0.3, 0.4) is 0 Å². The SMILES string of the molecule is O=C(Nc1nc2ccccc2n1C1CCCC1)c1n[nH]c(=O)c2ccccc12. The molecule has 28 heavy (non-hydrogen) atoms. The molecule has 7 nitrogen and oxygen atoms in total. The van der Waals surface area contributed by atoms with Crippen molar-refractivity contribution >= 4 is 33.7 Å². The van der Waals surface area contributed by atoms with Crippen LogP contribution in [0.5, 0.6) is 0 Å². The summed E-state index contributed by atoms with van der Waals surface area (Å²) in [4.78, 5) is 29.7. The van der Waals surface area contributed by atoms with E-state index in [0.29, 0.717) is 22.8 Å². The van der Waals surface area contributed by atoms with Crippen LogP contribution in [0.4, 0.5) is 5.95 Å². The van der Waals surface area contributed by atoms with Gasteiger partial charge in [0.15, 0.2) is 5.69 Å². The van der Waals surface area contributed by atoms with Crippen LogP contribution < -0.4 is 10.9 Å². The predicted octanol–water partition coefficient (Wildman–Crippen LogP) is 3.64. The normalized spacial score (nSPS) is 14.7. The molecule has 2 aromatic heterocycles. The third-order valence-electron chi connectivity index (χ3n) is 5.42. The van der Waals surface area contributed by atoms with Crippen LogP contribution in [0.2, 0.25) is 0 Å². The van der Waals surface area contributed by atoms with E-state index in [1.165, 1.54) is 12.8 Å². The van der Waals surface area contributed by atoms with Crippen molar-refractivity contribution in [1.29, 1.82) is 0 Å². The number of nitrogens with one attached hydrogen (secondary N) is 2. The molecule has 1 fully saturated rings. The molecule has 0 atom stereocenters. The van der Waals surface area contributed by atoms with Gasteiger partial charge in [-0.05, 0) is 31.0 Å². The Morgan fingerprint density at radius 1 is 1.04 bits per heavy atom. The van der Waals surface area contributed by atoms with Crippen LogP contribution in [-0.4, -0.2) is 25.7 Å². The van der Waals surface area contributed by atoms with Gasteiger partial charge in [-0.25, -0.2) is 10.1 Å². The van der Waals surface area contributed by atoms with Crippen LogP contribution in [0.1, 0.15) is 42.2 Å². The van der Waals surface area contributed by atoms with Crippen LogP contribution in [-0.2, 0) is 0 Å². The van der Waals surface area contributed by atoms with Gasteiger partial charge in [-0.2, -0.15) is 5.10 Å². The maximum Gasteiger partial charge on any atom is 0.279 e. The summed E-state index contributed by atoms with van der Waals surface area (Å²) >= 11 is 0. The number of hydrogen-bond donors (Lipinski definition) is 2. The Labute approximate surface area is 160 Å². The Kier molecular flexibility index (Phi) is 3.93. The van der Waals surface area contributed by atoms with Crippen molar-refractivity contribution in [1.82, 2.24) is 19.7 Å². The summed E-state index contributed by atoms with van der Waals surface area (Å²) in [5.74, 6) is 0.136. The highest BCUT2D eigenvalue weighted by atomic mass is 16.2. The number of anilines is 1. The molecule has 0 aliphatic heterocycles. The van der Waals surface area contributed by atoms with Gasteiger partial charge in [-0.15, -0.1) is 0 Å². The summed E-state index contributed by atoms with van der Waals surface area (Å²) in [7, 11) is 0. The number of amides is 1. The fraction of sp³-hybridized carbons (Fsp3) is 0.238. The summed E-state index contributed by atoms with van der Waals surface area (Å²) in [6.07, 6.45) is 4.50. The predicted molar refractivity (Wildman–Crippen MR) is 108 cm³/mol. The highest BCUT2D eigenvalue weighted by Gasteiger charge is 2.24. The van der Waals surface area contributed by atoms with E-state index in [0.717, 1.165) is 23.9 Å². The Morgan fingerprint density at radius 2 is 1.75 bits per heavy atom. The molecule has 0 spiro atoms. The molecule has 4 aromatic rings. The number of rotatable bonds is 3. The van der Waals surface area contributed by atoms with Gasteiger partial charge in [0, 0.05) is 11.4 Å². The van der Waals surface area contributed by atoms with Gasteiger partial charge < -0.3 is 4.57 Å². The molecule has 2 heterocycles. The van der Waals surface area contributed by atoms with E-state index in [1.54, 1.807) is 24.3 Å². The second-order valence-electron chi connectivity index (χ2n) is 7.13. The Morgan fingerprint density at radius 3 is 2.57 bits per heavy atom. The lowest BCUT2D eigenvalue weighted by molar-refractivity contribution is 0.102. The number of para-hydroxylation sites is 2. The van der Waals surface area contributed by atoms with Gasteiger partial charge in [-0.1, -0.05) is 43.2 Å². The monoisotopic (exact) mass is 373 g/mol. The highest BCUT2D eigenvalue weighted by molar-refractivity contribution is 6.10. The van der Waals surface area contributed by atoms with Crippen LogP contribution in [0.25, 0.3) is 21.8 Å². The topological polar surface area (TPSA) is 92.7 Å². The summed E-state index contributed by atoms with van der Waals surface area (Å²) in [5.41, 5.74) is 1.73. The van der Waals surface area contributed by atoms with Crippen LogP contribution in [0.15, 0.2) is 53.3 Å². The third-order valence-corrected chi connectivity index (χ3v) is 5.42. The molecule has 0 bridgehead atoms. The molecule has 1 aliphatic carbocycles. The number of imidazole rings is 1. The van der Waals surface area contributed by atoms with E-state index >= 15 is 0 Å². The van der Waals surface area contributed by atoms with Gasteiger partial charge in [0.05, 0.1) is 16.4 Å². The molecule has 0 saturated heterocycles. The Bertz CT molecular complexity index is 1250. The fourth-order valence-corrected chi connectivity index (χ4v) is 4.11. The smallest absolute Gasteiger partial charge is 0.279 e. The second-order valence-corrected chi connectivity index (χ2v) is 7.13. The van der Waals surface area contributed by atoms with Gasteiger partial charge in [-0.3, -0.25) is 14.9 Å². The molecule has 1 saturated carbocycles. The molecule has 2 N–H and O–H groups in total. The molecule has 2 aromatic carbocycles. The first kappa shape index (κ1) is 16.7. The molecule has 1 aliphatic rings. The zero-order valence-electron chi connectivity index (χ0n) is 15.2. The maximum atomic E-state index is 13.0. The van der Waals surface area contributed by atoms with Crippen molar-refractivity contribution in [2.75, 3.05) is 5.32 Å². The first-order chi connectivity index (χ1) is 13.7. The molecule has 0 radical (unpaired) electrons. The molecule has 140 valence electrons. The van der Waals surface area contributed by atoms with E-state index in [1.807, 2.05) is 24.3 Å². The fourth-order valence-electron chi connectivity index (χ4n) is 4.11. The number of aromatic nitrogens is 4. The summed E-state index contributed by atoms with van der Waals surface area (Å²) < 4.78 is 2.13. The largest absolute Gasteiger partial charge is 0.307 e. The standard InChI is InChI=1S/C21H19N5O2/c27-19-15-10-4-3-9-14(15)18(24-25-19)20(28)23-21-22-16-11-5-6-12-17(16)26(21)13-7-1-2-8-13/h3-6,9-13H,1-2,7-8H2,(H,25,27)(H,22,23,28). The van der Waals surface area contributed by atoms with Gasteiger partial charge in [0.25, 0.3) is 11.5 Å². The summed E-state index contributed by atoms with van der Waals surface area (Å²) in [6.45, 7) is 0. The molecule has 7 heteroatoms. The Balaban J connectivity index is 1.59. The first-order valence-electron chi connectivity index (χ1n) is 9.48. The summed E-state index contributed by atoms with van der Waals surface area (Å²) in [5, 5.41) is 10.3. The van der Waals surface area contributed by atoms with Gasteiger partial charge >= 0.3 is 0 Å². The van der Waals surface area contributed by atoms with Crippen LogP contribution >= 0.6 is 0 Å². The van der Waals surface area contributed by atoms with E-state index in [2.05, 4.69) is 25.1 Å². The lowest BCUT2D eigenvalue weighted by Gasteiger charge is -2.16.